The van der Waals surface area contributed by atoms with Crippen LogP contribution in [0, 0.1) is 5.92 Å². The third-order valence-electron chi connectivity index (χ3n) is 9.65. The molecule has 2 N–H and O–H groups in total. The van der Waals surface area contributed by atoms with Crippen LogP contribution in [0.3, 0.4) is 0 Å². The van der Waals surface area contributed by atoms with Crippen LogP contribution in [0.5, 0.6) is 28.7 Å². The molecule has 2 aromatic rings. The van der Waals surface area contributed by atoms with E-state index in [4.69, 9.17) is 35.3 Å². The predicted octanol–water partition coefficient (Wildman–Crippen LogP) is 4.90. The number of rotatable bonds is 10. The summed E-state index contributed by atoms with van der Waals surface area (Å²) in [6.45, 7) is 3.22. The monoisotopic (exact) mass is 682 g/mol. The van der Waals surface area contributed by atoms with Crippen molar-refractivity contribution in [3.05, 3.63) is 51.7 Å². The number of hydrogen-bond acceptors (Lipinski definition) is 10. The molecule has 3 atom stereocenters. The SMILES string of the molecule is COc1cc(OC)c2c(c1Cl)O[C@]1(C2=O)C(O)=C(C(CC(=O)NCCCN2CCCCCC2=O)c2ccc3c(c2)OCO3)C(=O)C[C@H]1C. The average Bonchev–Trinajstić information content (AvgIpc) is 3.60. The zero-order chi connectivity index (χ0) is 34.2. The Morgan fingerprint density at radius 2 is 1.88 bits per heavy atom. The van der Waals surface area contributed by atoms with Crippen LogP contribution >= 0.6 is 11.6 Å². The number of ether oxygens (including phenoxy) is 5. The average molecular weight is 683 g/mol. The Kier molecular flexibility index (Phi) is 9.46. The van der Waals surface area contributed by atoms with Crippen molar-refractivity contribution in [1.82, 2.24) is 10.2 Å². The number of ketones is 2. The summed E-state index contributed by atoms with van der Waals surface area (Å²) in [6.07, 6.45) is 3.61. The smallest absolute Gasteiger partial charge is 0.231 e. The topological polar surface area (TPSA) is 150 Å². The summed E-state index contributed by atoms with van der Waals surface area (Å²) in [7, 11) is 2.79. The molecule has 1 fully saturated rings. The van der Waals surface area contributed by atoms with Gasteiger partial charge in [0.25, 0.3) is 0 Å². The van der Waals surface area contributed by atoms with E-state index >= 15 is 0 Å². The Morgan fingerprint density at radius 1 is 1.10 bits per heavy atom. The molecule has 0 saturated carbocycles. The molecule has 13 heteroatoms. The van der Waals surface area contributed by atoms with Gasteiger partial charge in [-0.15, -0.1) is 0 Å². The highest BCUT2D eigenvalue weighted by atomic mass is 35.5. The summed E-state index contributed by atoms with van der Waals surface area (Å²) in [5, 5.41) is 15.0. The fourth-order valence-electron chi connectivity index (χ4n) is 7.09. The Balaban J connectivity index is 1.33. The quantitative estimate of drug-likeness (QED) is 0.331. The van der Waals surface area contributed by atoms with Crippen molar-refractivity contribution >= 4 is 35.0 Å². The third-order valence-corrected chi connectivity index (χ3v) is 10.0. The van der Waals surface area contributed by atoms with Crippen molar-refractivity contribution in [2.45, 2.75) is 63.4 Å². The van der Waals surface area contributed by atoms with Gasteiger partial charge in [-0.2, -0.15) is 0 Å². The van der Waals surface area contributed by atoms with Crippen molar-refractivity contribution in [2.24, 2.45) is 5.92 Å². The molecule has 2 amide bonds. The number of fused-ring (bicyclic) bond motifs is 2. The van der Waals surface area contributed by atoms with Gasteiger partial charge in [0.1, 0.15) is 22.1 Å². The summed E-state index contributed by atoms with van der Waals surface area (Å²) in [4.78, 5) is 55.9. The van der Waals surface area contributed by atoms with Crippen molar-refractivity contribution in [2.75, 3.05) is 40.6 Å². The summed E-state index contributed by atoms with van der Waals surface area (Å²) < 4.78 is 28.2. The van der Waals surface area contributed by atoms with E-state index in [-0.39, 0.29) is 64.9 Å². The van der Waals surface area contributed by atoms with Gasteiger partial charge in [0.15, 0.2) is 28.8 Å². The molecule has 4 aliphatic rings. The number of amides is 2. The first-order valence-corrected chi connectivity index (χ1v) is 16.6. The summed E-state index contributed by atoms with van der Waals surface area (Å²) in [5.41, 5.74) is -1.58. The molecule has 1 saturated heterocycles. The number of carbonyl (C=O) groups excluding carboxylic acids is 4. The molecule has 256 valence electrons. The van der Waals surface area contributed by atoms with Crippen LogP contribution in [-0.4, -0.2) is 79.6 Å². The van der Waals surface area contributed by atoms with Crippen LogP contribution in [0.2, 0.25) is 5.02 Å². The fourth-order valence-corrected chi connectivity index (χ4v) is 7.35. The number of carbonyl (C=O) groups is 4. The Morgan fingerprint density at radius 3 is 2.65 bits per heavy atom. The Hall–Kier alpha value is -4.45. The van der Waals surface area contributed by atoms with E-state index in [1.807, 2.05) is 4.90 Å². The van der Waals surface area contributed by atoms with Crippen LogP contribution in [0.15, 0.2) is 35.6 Å². The lowest BCUT2D eigenvalue weighted by Crippen LogP contribution is -2.53. The summed E-state index contributed by atoms with van der Waals surface area (Å²) in [5.74, 6) is -2.40. The van der Waals surface area contributed by atoms with Crippen molar-refractivity contribution in [1.29, 1.82) is 0 Å². The van der Waals surface area contributed by atoms with E-state index < -0.39 is 34.8 Å². The lowest BCUT2D eigenvalue weighted by Gasteiger charge is -2.38. The van der Waals surface area contributed by atoms with Gasteiger partial charge in [-0.25, -0.2) is 0 Å². The number of aliphatic hydroxyl groups excluding tert-OH is 1. The van der Waals surface area contributed by atoms with Gasteiger partial charge < -0.3 is 39.0 Å². The van der Waals surface area contributed by atoms with Gasteiger partial charge in [0, 0.05) is 62.4 Å². The molecule has 48 heavy (non-hydrogen) atoms. The maximum absolute atomic E-state index is 14.3. The third kappa shape index (κ3) is 5.80. The van der Waals surface area contributed by atoms with Crippen LogP contribution < -0.4 is 29.0 Å². The minimum Gasteiger partial charge on any atom is -0.507 e. The molecule has 0 aromatic heterocycles. The maximum atomic E-state index is 14.3. The number of halogens is 1. The first-order valence-electron chi connectivity index (χ1n) is 16.2. The first-order chi connectivity index (χ1) is 23.1. The number of methoxy groups -OCH3 is 2. The first kappa shape index (κ1) is 33.5. The van der Waals surface area contributed by atoms with Gasteiger partial charge >= 0.3 is 0 Å². The Labute approximate surface area is 283 Å². The van der Waals surface area contributed by atoms with Crippen molar-refractivity contribution in [3.63, 3.8) is 0 Å². The maximum Gasteiger partial charge on any atom is 0.231 e. The highest BCUT2D eigenvalue weighted by Crippen LogP contribution is 2.56. The molecule has 12 nitrogen and oxygen atoms in total. The lowest BCUT2D eigenvalue weighted by atomic mass is 9.69. The molecule has 3 aliphatic heterocycles. The highest BCUT2D eigenvalue weighted by Gasteiger charge is 2.61. The van der Waals surface area contributed by atoms with E-state index in [0.717, 1.165) is 19.3 Å². The largest absolute Gasteiger partial charge is 0.507 e. The van der Waals surface area contributed by atoms with Gasteiger partial charge in [-0.1, -0.05) is 31.0 Å². The highest BCUT2D eigenvalue weighted by molar-refractivity contribution is 6.35. The van der Waals surface area contributed by atoms with Crippen molar-refractivity contribution in [3.8, 4) is 28.7 Å². The van der Waals surface area contributed by atoms with Crippen LogP contribution in [0.25, 0.3) is 0 Å². The van der Waals surface area contributed by atoms with E-state index in [9.17, 15) is 24.3 Å². The zero-order valence-electron chi connectivity index (χ0n) is 27.2. The van der Waals surface area contributed by atoms with E-state index in [0.29, 0.717) is 49.5 Å². The van der Waals surface area contributed by atoms with Gasteiger partial charge in [-0.05, 0) is 37.0 Å². The minimum absolute atomic E-state index is 0.0175. The van der Waals surface area contributed by atoms with Crippen LogP contribution in [0.4, 0.5) is 0 Å². The van der Waals surface area contributed by atoms with E-state index in [2.05, 4.69) is 5.32 Å². The summed E-state index contributed by atoms with van der Waals surface area (Å²) >= 11 is 6.60. The molecule has 1 aliphatic carbocycles. The number of allylic oxidation sites excluding steroid dienone is 1. The second-order valence-corrected chi connectivity index (χ2v) is 12.9. The summed E-state index contributed by atoms with van der Waals surface area (Å²) in [6, 6.07) is 6.50. The number of nitrogens with zero attached hydrogens (tertiary/aromatic N) is 1. The van der Waals surface area contributed by atoms with Crippen molar-refractivity contribution < 1.29 is 48.0 Å². The second-order valence-electron chi connectivity index (χ2n) is 12.5. The molecular formula is C35H39ClN2O10. The van der Waals surface area contributed by atoms with Gasteiger partial charge in [0.2, 0.25) is 30.0 Å². The predicted molar refractivity (Wildman–Crippen MR) is 173 cm³/mol. The molecule has 3 heterocycles. The Bertz CT molecular complexity index is 1690. The minimum atomic E-state index is -2.00. The number of Topliss-reactive ketones (excluding diaryl/α,β-unsaturated/α-hetero) is 2. The van der Waals surface area contributed by atoms with E-state index in [1.165, 1.54) is 20.3 Å². The standard InChI is InChI=1S/C35H39ClN2O10/c1-19-14-22(39)29(33(42)35(19)34(43)30-25(44-2)17-26(45-3)31(36)32(30)48-35)21(20-9-10-23-24(15-20)47-18-46-23)16-27(40)37-11-7-13-38-12-6-4-5-8-28(38)41/h9-10,15,17,19,21,42H,4-8,11-14,16,18H2,1-3H3,(H,37,40)/t19-,21?,35+/m1/s1. The van der Waals surface area contributed by atoms with Crippen LogP contribution in [0.1, 0.15) is 73.7 Å². The van der Waals surface area contributed by atoms with Crippen LogP contribution in [-0.2, 0) is 14.4 Å². The number of benzene rings is 2. The zero-order valence-corrected chi connectivity index (χ0v) is 27.9. The lowest BCUT2D eigenvalue weighted by molar-refractivity contribution is -0.130. The molecule has 2 aromatic carbocycles. The van der Waals surface area contributed by atoms with Gasteiger partial charge in [0.05, 0.1) is 14.2 Å². The number of aliphatic hydroxyl groups is 1. The molecular weight excluding hydrogens is 644 g/mol. The number of hydrogen-bond donors (Lipinski definition) is 2. The second kappa shape index (κ2) is 13.6. The molecule has 0 radical (unpaired) electrons. The fraction of sp³-hybridized carbons (Fsp3) is 0.486. The van der Waals surface area contributed by atoms with E-state index in [1.54, 1.807) is 25.1 Å². The molecule has 6 rings (SSSR count). The molecule has 1 unspecified atom stereocenters. The molecule has 0 bridgehead atoms. The normalized spacial score (nSPS) is 22.4. The van der Waals surface area contributed by atoms with Gasteiger partial charge in [-0.3, -0.25) is 19.2 Å². The molecule has 1 spiro atoms. The number of nitrogens with one attached hydrogen (secondary N) is 1. The number of likely N-dealkylation sites (tertiary alicyclic amines) is 1.